The zero-order valence-electron chi connectivity index (χ0n) is 16.5. The summed E-state index contributed by atoms with van der Waals surface area (Å²) in [6.45, 7) is 0.938. The van der Waals surface area contributed by atoms with Gasteiger partial charge in [-0.25, -0.2) is 13.4 Å². The van der Waals surface area contributed by atoms with Crippen LogP contribution < -0.4 is 9.64 Å². The molecule has 0 spiro atoms. The molecule has 1 unspecified atom stereocenters. The predicted octanol–water partition coefficient (Wildman–Crippen LogP) is 3.29. The normalized spacial score (nSPS) is 16.6. The molecule has 1 aliphatic heterocycles. The van der Waals surface area contributed by atoms with Crippen LogP contribution in [0.25, 0.3) is 10.2 Å². The van der Waals surface area contributed by atoms with E-state index in [4.69, 9.17) is 9.47 Å². The molecule has 7 nitrogen and oxygen atoms in total. The van der Waals surface area contributed by atoms with Gasteiger partial charge in [0.2, 0.25) is 5.91 Å². The molecule has 0 saturated carbocycles. The Labute approximate surface area is 179 Å². The number of ether oxygens (including phenoxy) is 2. The number of fused-ring (bicyclic) bond motifs is 1. The van der Waals surface area contributed by atoms with Gasteiger partial charge < -0.3 is 9.47 Å². The Bertz CT molecular complexity index is 1100. The predicted molar refractivity (Wildman–Crippen MR) is 116 cm³/mol. The van der Waals surface area contributed by atoms with E-state index in [1.165, 1.54) is 35.5 Å². The van der Waals surface area contributed by atoms with Crippen LogP contribution in [0.1, 0.15) is 12.8 Å². The molecule has 0 aliphatic carbocycles. The number of methoxy groups -OCH3 is 1. The van der Waals surface area contributed by atoms with E-state index < -0.39 is 21.5 Å². The third-order valence-corrected chi connectivity index (χ3v) is 7.63. The number of benzene rings is 2. The van der Waals surface area contributed by atoms with Crippen LogP contribution in [0.15, 0.2) is 53.4 Å². The number of hydrogen-bond donors (Lipinski definition) is 0. The van der Waals surface area contributed by atoms with Crippen molar-refractivity contribution in [3.63, 3.8) is 0 Å². The fourth-order valence-corrected chi connectivity index (χ4v) is 5.55. The Morgan fingerprint density at radius 3 is 2.67 bits per heavy atom. The number of thiazole rings is 1. The van der Waals surface area contributed by atoms with Gasteiger partial charge in [0.15, 0.2) is 15.0 Å². The third kappa shape index (κ3) is 4.48. The van der Waals surface area contributed by atoms with E-state index in [0.717, 1.165) is 23.1 Å². The van der Waals surface area contributed by atoms with Crippen LogP contribution in [-0.2, 0) is 19.4 Å². The van der Waals surface area contributed by atoms with Crippen LogP contribution >= 0.6 is 11.3 Å². The molecule has 1 amide bonds. The van der Waals surface area contributed by atoms with Crippen LogP contribution in [0.5, 0.6) is 5.75 Å². The van der Waals surface area contributed by atoms with Gasteiger partial charge in [0.25, 0.3) is 0 Å². The van der Waals surface area contributed by atoms with Gasteiger partial charge in [-0.1, -0.05) is 23.5 Å². The number of anilines is 1. The summed E-state index contributed by atoms with van der Waals surface area (Å²) >= 11 is 1.37. The zero-order chi connectivity index (χ0) is 21.1. The highest BCUT2D eigenvalue weighted by Gasteiger charge is 2.30. The number of nitrogens with zero attached hydrogens (tertiary/aromatic N) is 2. The van der Waals surface area contributed by atoms with Crippen molar-refractivity contribution >= 4 is 42.4 Å². The first-order valence-corrected chi connectivity index (χ1v) is 12.1. The SMILES string of the molecule is COc1ccc(S(=O)(=O)CC(=O)N(CC2CCCO2)c2nc3ccccc3s2)cc1. The van der Waals surface area contributed by atoms with Crippen LogP contribution in [0.3, 0.4) is 0 Å². The second-order valence-electron chi connectivity index (χ2n) is 7.04. The van der Waals surface area contributed by atoms with Crippen molar-refractivity contribution in [3.8, 4) is 5.75 Å². The highest BCUT2D eigenvalue weighted by molar-refractivity contribution is 7.92. The molecule has 9 heteroatoms. The van der Waals surface area contributed by atoms with Gasteiger partial charge in [-0.05, 0) is 49.2 Å². The van der Waals surface area contributed by atoms with E-state index in [2.05, 4.69) is 4.98 Å². The maximum Gasteiger partial charge on any atom is 0.244 e. The lowest BCUT2D eigenvalue weighted by molar-refractivity contribution is -0.116. The molecule has 1 fully saturated rings. The van der Waals surface area contributed by atoms with E-state index in [0.29, 0.717) is 17.5 Å². The molecule has 1 saturated heterocycles. The number of para-hydroxylation sites is 1. The largest absolute Gasteiger partial charge is 0.497 e. The number of carbonyl (C=O) groups is 1. The fourth-order valence-electron chi connectivity index (χ4n) is 3.36. The molecule has 1 aromatic heterocycles. The first kappa shape index (κ1) is 20.8. The third-order valence-electron chi connectivity index (χ3n) is 4.96. The Morgan fingerprint density at radius 1 is 1.23 bits per heavy atom. The topological polar surface area (TPSA) is 85.8 Å². The molecule has 2 heterocycles. The Morgan fingerprint density at radius 2 is 2.00 bits per heavy atom. The second kappa shape index (κ2) is 8.71. The monoisotopic (exact) mass is 446 g/mol. The zero-order valence-corrected chi connectivity index (χ0v) is 18.1. The van der Waals surface area contributed by atoms with Crippen LogP contribution in [0.4, 0.5) is 5.13 Å². The van der Waals surface area contributed by atoms with Crippen molar-refractivity contribution in [2.24, 2.45) is 0 Å². The Hall–Kier alpha value is -2.49. The molecule has 158 valence electrons. The van der Waals surface area contributed by atoms with Gasteiger partial charge in [-0.3, -0.25) is 9.69 Å². The summed E-state index contributed by atoms with van der Waals surface area (Å²) in [7, 11) is -2.30. The number of aromatic nitrogens is 1. The minimum absolute atomic E-state index is 0.0815. The highest BCUT2D eigenvalue weighted by Crippen LogP contribution is 2.30. The number of carbonyl (C=O) groups excluding carboxylic acids is 1. The summed E-state index contributed by atoms with van der Waals surface area (Å²) < 4.78 is 37.4. The quantitative estimate of drug-likeness (QED) is 0.554. The summed E-state index contributed by atoms with van der Waals surface area (Å²) in [6, 6.07) is 13.6. The van der Waals surface area contributed by atoms with Crippen molar-refractivity contribution in [3.05, 3.63) is 48.5 Å². The molecule has 3 aromatic rings. The summed E-state index contributed by atoms with van der Waals surface area (Å²) in [5, 5.41) is 0.488. The van der Waals surface area contributed by atoms with E-state index in [-0.39, 0.29) is 17.5 Å². The maximum absolute atomic E-state index is 13.2. The van der Waals surface area contributed by atoms with Crippen molar-refractivity contribution in [2.45, 2.75) is 23.8 Å². The molecule has 0 N–H and O–H groups in total. The van der Waals surface area contributed by atoms with E-state index in [1.54, 1.807) is 12.1 Å². The van der Waals surface area contributed by atoms with Gasteiger partial charge >= 0.3 is 0 Å². The summed E-state index contributed by atoms with van der Waals surface area (Å²) in [6.07, 6.45) is 1.64. The van der Waals surface area contributed by atoms with Gasteiger partial charge in [0, 0.05) is 6.61 Å². The minimum Gasteiger partial charge on any atom is -0.497 e. The Kier molecular flexibility index (Phi) is 6.03. The average Bonchev–Trinajstić information content (AvgIpc) is 3.41. The summed E-state index contributed by atoms with van der Waals surface area (Å²) in [4.78, 5) is 19.3. The Balaban J connectivity index is 1.61. The number of rotatable bonds is 7. The van der Waals surface area contributed by atoms with Crippen LogP contribution in [-0.4, -0.2) is 51.4 Å². The number of hydrogen-bond acceptors (Lipinski definition) is 7. The van der Waals surface area contributed by atoms with E-state index in [9.17, 15) is 13.2 Å². The van der Waals surface area contributed by atoms with Crippen molar-refractivity contribution in [2.75, 3.05) is 30.9 Å². The van der Waals surface area contributed by atoms with Gasteiger partial charge in [-0.15, -0.1) is 0 Å². The van der Waals surface area contributed by atoms with E-state index >= 15 is 0 Å². The maximum atomic E-state index is 13.2. The lowest BCUT2D eigenvalue weighted by Gasteiger charge is -2.23. The van der Waals surface area contributed by atoms with Crippen molar-refractivity contribution in [1.29, 1.82) is 0 Å². The molecule has 30 heavy (non-hydrogen) atoms. The smallest absolute Gasteiger partial charge is 0.244 e. The molecule has 0 bridgehead atoms. The molecule has 0 radical (unpaired) electrons. The van der Waals surface area contributed by atoms with Crippen LogP contribution in [0.2, 0.25) is 0 Å². The number of sulfone groups is 1. The summed E-state index contributed by atoms with van der Waals surface area (Å²) in [5.74, 6) is -0.600. The molecular formula is C21H22N2O5S2. The molecule has 4 rings (SSSR count). The number of amides is 1. The first-order chi connectivity index (χ1) is 14.5. The lowest BCUT2D eigenvalue weighted by Crippen LogP contribution is -2.40. The van der Waals surface area contributed by atoms with Crippen molar-refractivity contribution in [1.82, 2.24) is 4.98 Å². The standard InChI is InChI=1S/C21H22N2O5S2/c1-27-15-8-10-17(11-9-15)30(25,26)14-20(24)23(13-16-5-4-12-28-16)21-22-18-6-2-3-7-19(18)29-21/h2-3,6-11,16H,4-5,12-14H2,1H3. The minimum atomic E-state index is -3.81. The van der Waals surface area contributed by atoms with Gasteiger partial charge in [0.1, 0.15) is 11.5 Å². The first-order valence-electron chi connectivity index (χ1n) is 9.60. The van der Waals surface area contributed by atoms with Gasteiger partial charge in [-0.2, -0.15) is 0 Å². The van der Waals surface area contributed by atoms with Crippen molar-refractivity contribution < 1.29 is 22.7 Å². The fraction of sp³-hybridized carbons (Fsp3) is 0.333. The molecule has 1 atom stereocenters. The summed E-state index contributed by atoms with van der Waals surface area (Å²) in [5.41, 5.74) is 0.778. The lowest BCUT2D eigenvalue weighted by atomic mass is 10.2. The molecular weight excluding hydrogens is 424 g/mol. The van der Waals surface area contributed by atoms with Gasteiger partial charge in [0.05, 0.1) is 34.9 Å². The second-order valence-corrected chi connectivity index (χ2v) is 10.0. The highest BCUT2D eigenvalue weighted by atomic mass is 32.2. The molecule has 2 aromatic carbocycles. The van der Waals surface area contributed by atoms with Crippen LogP contribution in [0, 0.1) is 0 Å². The average molecular weight is 447 g/mol. The molecule has 1 aliphatic rings. The van der Waals surface area contributed by atoms with E-state index in [1.807, 2.05) is 24.3 Å².